The molecule has 114 valence electrons. The van der Waals surface area contributed by atoms with Crippen LogP contribution in [0.15, 0.2) is 24.3 Å². The van der Waals surface area contributed by atoms with Gasteiger partial charge in [-0.15, -0.1) is 0 Å². The first kappa shape index (κ1) is 14.4. The number of carbonyl (C=O) groups is 1. The average Bonchev–Trinajstić information content (AvgIpc) is 3.09. The van der Waals surface area contributed by atoms with Gasteiger partial charge in [0.05, 0.1) is 0 Å². The van der Waals surface area contributed by atoms with Crippen LogP contribution >= 0.6 is 0 Å². The fourth-order valence-electron chi connectivity index (χ4n) is 3.70. The van der Waals surface area contributed by atoms with Gasteiger partial charge >= 0.3 is 0 Å². The summed E-state index contributed by atoms with van der Waals surface area (Å²) in [6, 6.07) is 6.12. The number of hydrogen-bond donors (Lipinski definition) is 1. The largest absolute Gasteiger partial charge is 0.481 e. The van der Waals surface area contributed by atoms with E-state index in [0.717, 1.165) is 12.3 Å². The van der Waals surface area contributed by atoms with Crippen LogP contribution in [0.2, 0.25) is 0 Å². The zero-order chi connectivity index (χ0) is 14.8. The molecular weight excluding hydrogens is 269 g/mol. The fraction of sp³-hybridized carbons (Fsp3) is 0.588. The van der Waals surface area contributed by atoms with Crippen LogP contribution in [0.25, 0.3) is 0 Å². The molecule has 21 heavy (non-hydrogen) atoms. The third-order valence-electron chi connectivity index (χ3n) is 4.82. The fourth-order valence-corrected chi connectivity index (χ4v) is 3.70. The molecular formula is C17H22FNO2. The molecule has 0 radical (unpaired) electrons. The molecule has 1 N–H and O–H groups in total. The van der Waals surface area contributed by atoms with Crippen molar-refractivity contribution in [2.75, 3.05) is 0 Å². The van der Waals surface area contributed by atoms with Crippen molar-refractivity contribution >= 4 is 5.91 Å². The lowest BCUT2D eigenvalue weighted by Gasteiger charge is -2.25. The summed E-state index contributed by atoms with van der Waals surface area (Å²) < 4.78 is 18.6. The standard InChI is InChI=1S/C17H22FNO2/c1-2-16(21-14-7-5-13(18)6-8-14)17(20)19-15-10-11-3-4-12(15)9-11/h5-8,11-12,15-16H,2-4,9-10H2,1H3,(H,19,20)/t11-,12-,15-,16+/m1/s1. The van der Waals surface area contributed by atoms with E-state index in [-0.39, 0.29) is 11.7 Å². The van der Waals surface area contributed by atoms with Crippen LogP contribution in [0.1, 0.15) is 39.0 Å². The molecule has 4 atom stereocenters. The summed E-state index contributed by atoms with van der Waals surface area (Å²) in [5.41, 5.74) is 0. The molecule has 0 saturated heterocycles. The lowest BCUT2D eigenvalue weighted by atomic mass is 9.95. The predicted octanol–water partition coefficient (Wildman–Crippen LogP) is 3.29. The van der Waals surface area contributed by atoms with Crippen LogP contribution in [0.4, 0.5) is 4.39 Å². The van der Waals surface area contributed by atoms with Gasteiger partial charge in [-0.2, -0.15) is 0 Å². The van der Waals surface area contributed by atoms with E-state index in [2.05, 4.69) is 5.32 Å². The highest BCUT2D eigenvalue weighted by Crippen LogP contribution is 2.44. The second kappa shape index (κ2) is 6.04. The summed E-state index contributed by atoms with van der Waals surface area (Å²) in [4.78, 5) is 12.4. The summed E-state index contributed by atoms with van der Waals surface area (Å²) in [5, 5.41) is 3.15. The molecule has 2 saturated carbocycles. The van der Waals surface area contributed by atoms with Crippen molar-refractivity contribution in [1.82, 2.24) is 5.32 Å². The van der Waals surface area contributed by atoms with E-state index in [0.29, 0.717) is 24.1 Å². The van der Waals surface area contributed by atoms with Crippen molar-refractivity contribution in [2.24, 2.45) is 11.8 Å². The van der Waals surface area contributed by atoms with E-state index >= 15 is 0 Å². The van der Waals surface area contributed by atoms with Gasteiger partial charge in [0.15, 0.2) is 6.10 Å². The van der Waals surface area contributed by atoms with Crippen molar-refractivity contribution in [2.45, 2.75) is 51.2 Å². The van der Waals surface area contributed by atoms with E-state index in [1.807, 2.05) is 6.92 Å². The number of hydrogen-bond acceptors (Lipinski definition) is 2. The topological polar surface area (TPSA) is 38.3 Å². The van der Waals surface area contributed by atoms with Gasteiger partial charge in [0.2, 0.25) is 0 Å². The van der Waals surface area contributed by atoms with Gasteiger partial charge in [-0.3, -0.25) is 4.79 Å². The monoisotopic (exact) mass is 291 g/mol. The lowest BCUT2D eigenvalue weighted by molar-refractivity contribution is -0.129. The van der Waals surface area contributed by atoms with Crippen molar-refractivity contribution in [3.8, 4) is 5.75 Å². The Kier molecular flexibility index (Phi) is 4.13. The molecule has 4 heteroatoms. The summed E-state index contributed by atoms with van der Waals surface area (Å²) in [7, 11) is 0. The van der Waals surface area contributed by atoms with E-state index in [1.54, 1.807) is 12.1 Å². The van der Waals surface area contributed by atoms with Gasteiger partial charge in [-0.05, 0) is 61.8 Å². The minimum Gasteiger partial charge on any atom is -0.481 e. The van der Waals surface area contributed by atoms with Gasteiger partial charge in [-0.25, -0.2) is 4.39 Å². The Morgan fingerprint density at radius 2 is 2.10 bits per heavy atom. The number of benzene rings is 1. The molecule has 0 spiro atoms. The summed E-state index contributed by atoms with van der Waals surface area (Å²) in [6.07, 6.45) is 5.04. The molecule has 1 amide bonds. The Bertz CT molecular complexity index is 502. The molecule has 0 heterocycles. The summed E-state index contributed by atoms with van der Waals surface area (Å²) in [6.45, 7) is 1.93. The molecule has 2 fully saturated rings. The molecule has 0 aromatic heterocycles. The van der Waals surface area contributed by atoms with Crippen molar-refractivity contribution in [3.05, 3.63) is 30.1 Å². The highest BCUT2D eigenvalue weighted by Gasteiger charge is 2.40. The first-order valence-corrected chi connectivity index (χ1v) is 7.88. The molecule has 0 aliphatic heterocycles. The molecule has 0 unspecified atom stereocenters. The van der Waals surface area contributed by atoms with Crippen LogP contribution in [0, 0.1) is 17.7 Å². The maximum absolute atomic E-state index is 12.9. The molecule has 1 aromatic carbocycles. The third-order valence-corrected chi connectivity index (χ3v) is 4.82. The van der Waals surface area contributed by atoms with Gasteiger partial charge in [0.1, 0.15) is 11.6 Å². The van der Waals surface area contributed by atoms with Crippen molar-refractivity contribution in [1.29, 1.82) is 0 Å². The van der Waals surface area contributed by atoms with Gasteiger partial charge in [-0.1, -0.05) is 13.3 Å². The number of carbonyl (C=O) groups excluding carboxylic acids is 1. The zero-order valence-corrected chi connectivity index (χ0v) is 12.3. The molecule has 3 nitrogen and oxygen atoms in total. The maximum atomic E-state index is 12.9. The smallest absolute Gasteiger partial charge is 0.261 e. The highest BCUT2D eigenvalue weighted by atomic mass is 19.1. The van der Waals surface area contributed by atoms with E-state index < -0.39 is 6.10 Å². The first-order chi connectivity index (χ1) is 10.2. The molecule has 2 aliphatic carbocycles. The Morgan fingerprint density at radius 1 is 1.33 bits per heavy atom. The van der Waals surface area contributed by atoms with Crippen LogP contribution in [-0.2, 0) is 4.79 Å². The molecule has 2 bridgehead atoms. The Morgan fingerprint density at radius 3 is 2.67 bits per heavy atom. The first-order valence-electron chi connectivity index (χ1n) is 7.88. The Labute approximate surface area is 124 Å². The molecule has 3 rings (SSSR count). The molecule has 2 aliphatic rings. The van der Waals surface area contributed by atoms with Crippen LogP contribution in [-0.4, -0.2) is 18.1 Å². The van der Waals surface area contributed by atoms with Gasteiger partial charge < -0.3 is 10.1 Å². The Hall–Kier alpha value is -1.58. The number of ether oxygens (including phenoxy) is 1. The summed E-state index contributed by atoms with van der Waals surface area (Å²) >= 11 is 0. The Balaban J connectivity index is 1.57. The normalized spacial score (nSPS) is 28.4. The van der Waals surface area contributed by atoms with E-state index in [4.69, 9.17) is 4.74 Å². The van der Waals surface area contributed by atoms with Crippen LogP contribution < -0.4 is 10.1 Å². The van der Waals surface area contributed by atoms with Gasteiger partial charge in [0.25, 0.3) is 5.91 Å². The minimum atomic E-state index is -0.505. The average molecular weight is 291 g/mol. The minimum absolute atomic E-state index is 0.0422. The SMILES string of the molecule is CC[C@H](Oc1ccc(F)cc1)C(=O)N[C@@H]1C[C@@H]2CC[C@@H]1C2. The van der Waals surface area contributed by atoms with Crippen molar-refractivity contribution < 1.29 is 13.9 Å². The second-order valence-electron chi connectivity index (χ2n) is 6.26. The predicted molar refractivity (Wildman–Crippen MR) is 78.5 cm³/mol. The highest BCUT2D eigenvalue weighted by molar-refractivity contribution is 5.81. The maximum Gasteiger partial charge on any atom is 0.261 e. The number of fused-ring (bicyclic) bond motifs is 2. The van der Waals surface area contributed by atoms with Crippen LogP contribution in [0.5, 0.6) is 5.75 Å². The molecule has 1 aromatic rings. The zero-order valence-electron chi connectivity index (χ0n) is 12.3. The number of halogens is 1. The number of rotatable bonds is 5. The van der Waals surface area contributed by atoms with Gasteiger partial charge in [0, 0.05) is 6.04 Å². The second-order valence-corrected chi connectivity index (χ2v) is 6.26. The number of nitrogens with one attached hydrogen (secondary N) is 1. The number of amides is 1. The van der Waals surface area contributed by atoms with Crippen LogP contribution in [0.3, 0.4) is 0 Å². The summed E-state index contributed by atoms with van der Waals surface area (Å²) in [5.74, 6) is 1.65. The van der Waals surface area contributed by atoms with Crippen molar-refractivity contribution in [3.63, 3.8) is 0 Å². The van der Waals surface area contributed by atoms with E-state index in [9.17, 15) is 9.18 Å². The van der Waals surface area contributed by atoms with E-state index in [1.165, 1.54) is 31.4 Å². The third kappa shape index (κ3) is 3.20. The quantitative estimate of drug-likeness (QED) is 0.904. The lowest BCUT2D eigenvalue weighted by Crippen LogP contribution is -2.45.